The topological polar surface area (TPSA) is 135 Å². The molecule has 2 aromatic carbocycles. The van der Waals surface area contributed by atoms with Gasteiger partial charge in [0.2, 0.25) is 11.8 Å². The minimum atomic E-state index is -1.49. The number of aryl methyl sites for hydroxylation is 1. The highest BCUT2D eigenvalue weighted by atomic mass is 35.5. The molecule has 0 aliphatic carbocycles. The lowest BCUT2D eigenvalue weighted by Crippen LogP contribution is -2.55. The summed E-state index contributed by atoms with van der Waals surface area (Å²) in [6, 6.07) is 12.7. The summed E-state index contributed by atoms with van der Waals surface area (Å²) >= 11 is 6.68. The van der Waals surface area contributed by atoms with Crippen LogP contribution in [0.5, 0.6) is 0 Å². The van der Waals surface area contributed by atoms with Crippen LogP contribution in [0.3, 0.4) is 0 Å². The molecule has 50 heavy (non-hydrogen) atoms. The lowest BCUT2D eigenvalue weighted by molar-refractivity contribution is -0.162. The third kappa shape index (κ3) is 6.71. The van der Waals surface area contributed by atoms with E-state index in [1.54, 1.807) is 34.1 Å². The lowest BCUT2D eigenvalue weighted by Gasteiger charge is -2.36. The quantitative estimate of drug-likeness (QED) is 0.227. The summed E-state index contributed by atoms with van der Waals surface area (Å²) in [6.07, 6.45) is 7.51. The van der Waals surface area contributed by atoms with Crippen molar-refractivity contribution >= 4 is 41.0 Å². The number of anilines is 1. The van der Waals surface area contributed by atoms with E-state index >= 15 is 0 Å². The van der Waals surface area contributed by atoms with Crippen LogP contribution in [0.4, 0.5) is 5.69 Å². The van der Waals surface area contributed by atoms with Gasteiger partial charge in [0, 0.05) is 33.2 Å². The normalized spacial score (nSPS) is 30.4. The zero-order valence-corrected chi connectivity index (χ0v) is 29.1. The van der Waals surface area contributed by atoms with Crippen molar-refractivity contribution in [3.63, 3.8) is 0 Å². The van der Waals surface area contributed by atoms with Gasteiger partial charge in [-0.05, 0) is 49.8 Å². The number of unbranched alkanes of at least 4 members (excludes halogenated alkanes) is 2. The fraction of sp³-hybridized carbons (Fsp3) is 0.474. The fourth-order valence-electron chi connectivity index (χ4n) is 7.87. The van der Waals surface area contributed by atoms with Gasteiger partial charge in [-0.3, -0.25) is 19.2 Å². The molecule has 4 aliphatic rings. The number of methoxy groups -OCH3 is 1. The third-order valence-electron chi connectivity index (χ3n) is 10.1. The molecule has 0 saturated carbocycles. The molecular formula is C38H44ClN3O8. The number of carbonyl (C=O) groups is 4. The zero-order valence-electron chi connectivity index (χ0n) is 28.3. The van der Waals surface area contributed by atoms with E-state index in [1.807, 2.05) is 55.5 Å². The molecule has 4 aliphatic heterocycles. The number of carbonyl (C=O) groups excluding carboxylic acids is 4. The van der Waals surface area contributed by atoms with E-state index < -0.39 is 47.7 Å². The molecule has 0 unspecified atom stereocenters. The van der Waals surface area contributed by atoms with Gasteiger partial charge in [0.1, 0.15) is 23.7 Å². The molecule has 2 saturated heterocycles. The van der Waals surface area contributed by atoms with E-state index in [0.717, 1.165) is 5.56 Å². The van der Waals surface area contributed by atoms with Gasteiger partial charge >= 0.3 is 5.97 Å². The Morgan fingerprint density at radius 2 is 1.82 bits per heavy atom. The highest BCUT2D eigenvalue weighted by Crippen LogP contribution is 2.54. The molecule has 12 heteroatoms. The SMILES string of the molecule is COC[C@H]1NC(=O)CC/C=C\[C@H]2O[C@]34C=CCN(c5c(C)cccc5Cl)C(=O)[C@H]3N(CCCCCO)C(=O)[C@@H]4[C@H]2C(=O)O[C@@H]1c1ccccc1. The van der Waals surface area contributed by atoms with Gasteiger partial charge in [0.15, 0.2) is 0 Å². The van der Waals surface area contributed by atoms with Crippen LogP contribution in [0, 0.1) is 18.8 Å². The molecular weight excluding hydrogens is 662 g/mol. The number of hydrogen-bond donors (Lipinski definition) is 2. The molecule has 266 valence electrons. The number of nitrogens with zero attached hydrogens (tertiary/aromatic N) is 2. The molecule has 2 N–H and O–H groups in total. The number of allylic oxidation sites excluding steroid dienone is 1. The number of fused-ring (bicyclic) bond motifs is 2. The Morgan fingerprint density at radius 1 is 1.02 bits per heavy atom. The van der Waals surface area contributed by atoms with E-state index in [0.29, 0.717) is 42.0 Å². The van der Waals surface area contributed by atoms with E-state index in [1.165, 1.54) is 7.11 Å². The lowest BCUT2D eigenvalue weighted by atomic mass is 9.77. The molecule has 6 rings (SSSR count). The number of aliphatic hydroxyl groups excluding tert-OH is 1. The molecule has 0 radical (unpaired) electrons. The van der Waals surface area contributed by atoms with Gasteiger partial charge < -0.3 is 34.4 Å². The van der Waals surface area contributed by atoms with Gasteiger partial charge in [0.25, 0.3) is 5.91 Å². The summed E-state index contributed by atoms with van der Waals surface area (Å²) < 4.78 is 18.6. The van der Waals surface area contributed by atoms with Gasteiger partial charge in [0.05, 0.1) is 35.4 Å². The zero-order chi connectivity index (χ0) is 35.4. The number of esters is 1. The molecule has 2 aromatic rings. The van der Waals surface area contributed by atoms with Crippen LogP contribution in [0.1, 0.15) is 49.3 Å². The smallest absolute Gasteiger partial charge is 0.313 e. The number of hydrogen-bond acceptors (Lipinski definition) is 8. The van der Waals surface area contributed by atoms with Crippen LogP contribution >= 0.6 is 11.6 Å². The van der Waals surface area contributed by atoms with E-state index in [2.05, 4.69) is 5.32 Å². The molecule has 2 fully saturated rings. The Bertz CT molecular complexity index is 1630. The Hall–Kier alpha value is -4.03. The molecule has 7 atom stereocenters. The highest BCUT2D eigenvalue weighted by Gasteiger charge is 2.72. The number of para-hydroxylation sites is 1. The summed E-state index contributed by atoms with van der Waals surface area (Å²) in [6.45, 7) is 2.38. The van der Waals surface area contributed by atoms with Gasteiger partial charge in [-0.2, -0.15) is 0 Å². The molecule has 1 spiro atoms. The number of ether oxygens (including phenoxy) is 3. The Labute approximate surface area is 297 Å². The van der Waals surface area contributed by atoms with Crippen molar-refractivity contribution in [3.8, 4) is 0 Å². The molecule has 4 heterocycles. The average molecular weight is 706 g/mol. The summed E-state index contributed by atoms with van der Waals surface area (Å²) in [4.78, 5) is 60.3. The maximum atomic E-state index is 14.8. The van der Waals surface area contributed by atoms with E-state index in [4.69, 9.17) is 25.8 Å². The van der Waals surface area contributed by atoms with Gasteiger partial charge in [-0.1, -0.05) is 78.4 Å². The van der Waals surface area contributed by atoms with Crippen molar-refractivity contribution < 1.29 is 38.5 Å². The minimum Gasteiger partial charge on any atom is -0.455 e. The second kappa shape index (κ2) is 15.5. The standard InChI is InChI=1S/C38H44ClN3O8/c1-24-13-11-16-26(39)32(24)41-21-12-19-38-31(35(45)42(34(38)36(41)46)20-9-4-10-22-43)30-28(50-38)17-7-8-18-29(44)40-27(23-48-2)33(49-37(30)47)25-14-5-3-6-15-25/h3,5-7,11-17,19,27-28,30-31,33-34,43H,4,8-10,18,20-23H2,1-2H3,(H,40,44)/b17-7-/t27-,28-,30+,31+,33-,34-,38+/m1/s1. The summed E-state index contributed by atoms with van der Waals surface area (Å²) in [5.74, 6) is -3.82. The maximum absolute atomic E-state index is 14.8. The number of halogens is 1. The van der Waals surface area contributed by atoms with Crippen LogP contribution < -0.4 is 10.2 Å². The number of nitrogens with one attached hydrogen (secondary N) is 1. The first-order valence-corrected chi connectivity index (χ1v) is 17.6. The summed E-state index contributed by atoms with van der Waals surface area (Å²) in [5.41, 5.74) is 0.507. The van der Waals surface area contributed by atoms with Crippen molar-refractivity contribution in [3.05, 3.63) is 89.0 Å². The highest BCUT2D eigenvalue weighted by molar-refractivity contribution is 6.34. The first-order valence-electron chi connectivity index (χ1n) is 17.3. The summed E-state index contributed by atoms with van der Waals surface area (Å²) in [5, 5.41) is 12.8. The van der Waals surface area contributed by atoms with Crippen LogP contribution in [0.2, 0.25) is 5.02 Å². The predicted octanol–water partition coefficient (Wildman–Crippen LogP) is 4.06. The largest absolute Gasteiger partial charge is 0.455 e. The van der Waals surface area contributed by atoms with E-state index in [-0.39, 0.29) is 50.4 Å². The predicted molar refractivity (Wildman–Crippen MR) is 186 cm³/mol. The second-order valence-corrected chi connectivity index (χ2v) is 13.7. The van der Waals surface area contributed by atoms with Crippen molar-refractivity contribution in [2.24, 2.45) is 11.8 Å². The minimum absolute atomic E-state index is 0.0172. The number of benzene rings is 2. The molecule has 0 aromatic heterocycles. The Balaban J connectivity index is 1.44. The first-order chi connectivity index (χ1) is 24.2. The number of cyclic esters (lactones) is 1. The Morgan fingerprint density at radius 3 is 2.56 bits per heavy atom. The number of likely N-dealkylation sites (tertiary alicyclic amines) is 1. The van der Waals surface area contributed by atoms with Crippen molar-refractivity contribution in [2.75, 3.05) is 38.3 Å². The van der Waals surface area contributed by atoms with Crippen LogP contribution in [-0.4, -0.2) is 90.9 Å². The first kappa shape index (κ1) is 35.8. The van der Waals surface area contributed by atoms with Gasteiger partial charge in [-0.25, -0.2) is 0 Å². The van der Waals surface area contributed by atoms with Gasteiger partial charge in [-0.15, -0.1) is 0 Å². The third-order valence-corrected chi connectivity index (χ3v) is 10.4. The number of amides is 3. The maximum Gasteiger partial charge on any atom is 0.313 e. The molecule has 0 bridgehead atoms. The average Bonchev–Trinajstić information content (AvgIpc) is 3.48. The van der Waals surface area contributed by atoms with E-state index in [9.17, 15) is 24.3 Å². The van der Waals surface area contributed by atoms with Crippen molar-refractivity contribution in [1.29, 1.82) is 0 Å². The van der Waals surface area contributed by atoms with Crippen LogP contribution in [0.15, 0.2) is 72.8 Å². The Kier molecular flexibility index (Phi) is 11.1. The summed E-state index contributed by atoms with van der Waals surface area (Å²) in [7, 11) is 1.51. The van der Waals surface area contributed by atoms with Crippen molar-refractivity contribution in [1.82, 2.24) is 10.2 Å². The molecule has 11 nitrogen and oxygen atoms in total. The fourth-order valence-corrected chi connectivity index (χ4v) is 8.19. The van der Waals surface area contributed by atoms with Crippen molar-refractivity contribution in [2.45, 2.75) is 68.9 Å². The second-order valence-electron chi connectivity index (χ2n) is 13.3. The number of rotatable bonds is 9. The molecule has 3 amide bonds. The number of aliphatic hydroxyl groups is 1. The van der Waals surface area contributed by atoms with Crippen LogP contribution in [-0.2, 0) is 33.4 Å². The monoisotopic (exact) mass is 705 g/mol. The van der Waals surface area contributed by atoms with Crippen LogP contribution in [0.25, 0.3) is 0 Å².